The minimum Gasteiger partial charge on any atom is -0.508 e. The molecule has 3 heteroatoms. The smallest absolute Gasteiger partial charge is 0.120 e. The predicted octanol–water partition coefficient (Wildman–Crippen LogP) is 4.47. The highest BCUT2D eigenvalue weighted by molar-refractivity contribution is 6.30. The van der Waals surface area contributed by atoms with Crippen molar-refractivity contribution in [2.45, 2.75) is 18.2 Å². The van der Waals surface area contributed by atoms with Crippen LogP contribution >= 0.6 is 23.2 Å². The van der Waals surface area contributed by atoms with Crippen molar-refractivity contribution in [1.29, 1.82) is 0 Å². The van der Waals surface area contributed by atoms with Crippen LogP contribution in [0.2, 0.25) is 5.02 Å². The molecule has 92 valence electrons. The number of phenolic OH excluding ortho intramolecular Hbond substituents is 1. The Morgan fingerprint density at radius 2 is 1.83 bits per heavy atom. The average Bonchev–Trinajstić information content (AvgIpc) is 2.48. The second-order valence-electron chi connectivity index (χ2n) is 4.56. The van der Waals surface area contributed by atoms with Crippen molar-refractivity contribution in [1.82, 2.24) is 0 Å². The monoisotopic (exact) mass is 278 g/mol. The molecule has 0 saturated carbocycles. The molecule has 0 radical (unpaired) electrons. The number of hydrogen-bond donors (Lipinski definition) is 1. The largest absolute Gasteiger partial charge is 0.508 e. The summed E-state index contributed by atoms with van der Waals surface area (Å²) in [5.74, 6) is 0.273. The second kappa shape index (κ2) is 4.49. The summed E-state index contributed by atoms with van der Waals surface area (Å²) < 4.78 is 0. The van der Waals surface area contributed by atoms with Gasteiger partial charge in [-0.1, -0.05) is 29.8 Å². The highest BCUT2D eigenvalue weighted by Crippen LogP contribution is 2.41. The molecular weight excluding hydrogens is 267 g/mol. The molecule has 1 aliphatic carbocycles. The van der Waals surface area contributed by atoms with Gasteiger partial charge in [-0.2, -0.15) is 0 Å². The molecule has 0 fully saturated rings. The van der Waals surface area contributed by atoms with E-state index in [2.05, 4.69) is 0 Å². The van der Waals surface area contributed by atoms with Crippen molar-refractivity contribution in [3.63, 3.8) is 0 Å². The van der Waals surface area contributed by atoms with Gasteiger partial charge < -0.3 is 5.11 Å². The van der Waals surface area contributed by atoms with Crippen LogP contribution in [-0.4, -0.2) is 5.11 Å². The molecule has 2 aromatic carbocycles. The Morgan fingerprint density at radius 3 is 2.67 bits per heavy atom. The maximum Gasteiger partial charge on any atom is 0.120 e. The van der Waals surface area contributed by atoms with Crippen molar-refractivity contribution >= 4 is 23.2 Å². The molecule has 1 nitrogen and oxygen atoms in total. The molecule has 18 heavy (non-hydrogen) atoms. The normalized spacial score (nSPS) is 17.8. The lowest BCUT2D eigenvalue weighted by molar-refractivity contribution is 0.468. The van der Waals surface area contributed by atoms with Crippen LogP contribution in [0, 0.1) is 0 Å². The first-order chi connectivity index (χ1) is 8.66. The second-order valence-corrected chi connectivity index (χ2v) is 5.43. The van der Waals surface area contributed by atoms with Gasteiger partial charge in [0.1, 0.15) is 5.75 Å². The van der Waals surface area contributed by atoms with E-state index in [-0.39, 0.29) is 11.1 Å². The molecule has 3 rings (SSSR count). The van der Waals surface area contributed by atoms with E-state index >= 15 is 0 Å². The summed E-state index contributed by atoms with van der Waals surface area (Å²) in [6.45, 7) is 0. The van der Waals surface area contributed by atoms with Gasteiger partial charge in [0.25, 0.3) is 0 Å². The fourth-order valence-corrected chi connectivity index (χ4v) is 3.23. The third kappa shape index (κ3) is 1.88. The van der Waals surface area contributed by atoms with Gasteiger partial charge in [-0.15, -0.1) is 11.6 Å². The van der Waals surface area contributed by atoms with Crippen LogP contribution < -0.4 is 0 Å². The number of halogens is 2. The van der Waals surface area contributed by atoms with Gasteiger partial charge in [0.2, 0.25) is 0 Å². The van der Waals surface area contributed by atoms with Crippen molar-refractivity contribution in [2.24, 2.45) is 0 Å². The van der Waals surface area contributed by atoms with Crippen molar-refractivity contribution in [2.75, 3.05) is 0 Å². The molecule has 0 amide bonds. The number of aromatic hydroxyl groups is 1. The van der Waals surface area contributed by atoms with Gasteiger partial charge in [-0.3, -0.25) is 0 Å². The van der Waals surface area contributed by atoms with E-state index < -0.39 is 0 Å². The predicted molar refractivity (Wildman–Crippen MR) is 74.7 cm³/mol. The zero-order valence-electron chi connectivity index (χ0n) is 9.66. The highest BCUT2D eigenvalue weighted by atomic mass is 35.5. The Hall–Kier alpha value is -1.18. The van der Waals surface area contributed by atoms with Gasteiger partial charge in [0, 0.05) is 10.6 Å². The molecule has 1 N–H and O–H groups in total. The average molecular weight is 279 g/mol. The van der Waals surface area contributed by atoms with E-state index in [9.17, 15) is 5.11 Å². The number of fused-ring (bicyclic) bond motifs is 2. The molecule has 0 heterocycles. The molecular formula is C15H12Cl2O. The molecule has 1 atom stereocenters. The molecule has 0 aromatic heterocycles. The summed E-state index contributed by atoms with van der Waals surface area (Å²) >= 11 is 12.6. The minimum atomic E-state index is -0.309. The number of benzene rings is 2. The molecule has 0 spiro atoms. The Balaban J connectivity index is 2.20. The lowest BCUT2D eigenvalue weighted by atomic mass is 9.99. The summed E-state index contributed by atoms with van der Waals surface area (Å²) in [5.41, 5.74) is 4.15. The minimum absolute atomic E-state index is 0.273. The van der Waals surface area contributed by atoms with Crippen LogP contribution in [0.15, 0.2) is 36.4 Å². The summed E-state index contributed by atoms with van der Waals surface area (Å²) in [6, 6.07) is 11.3. The van der Waals surface area contributed by atoms with Crippen LogP contribution in [0.4, 0.5) is 0 Å². The van der Waals surface area contributed by atoms with E-state index in [1.807, 2.05) is 30.3 Å². The van der Waals surface area contributed by atoms with E-state index in [1.165, 1.54) is 0 Å². The first kappa shape index (κ1) is 11.9. The van der Waals surface area contributed by atoms with E-state index in [1.54, 1.807) is 6.07 Å². The highest BCUT2D eigenvalue weighted by Gasteiger charge is 2.24. The summed E-state index contributed by atoms with van der Waals surface area (Å²) in [5, 5.41) is 10.4. The number of rotatable bonds is 0. The Bertz CT molecular complexity index is 607. The maximum absolute atomic E-state index is 10.0. The van der Waals surface area contributed by atoms with Gasteiger partial charge in [0.05, 0.1) is 5.38 Å². The third-order valence-electron chi connectivity index (χ3n) is 3.47. The van der Waals surface area contributed by atoms with Crippen LogP contribution in [-0.2, 0) is 12.8 Å². The first-order valence-electron chi connectivity index (χ1n) is 5.90. The topological polar surface area (TPSA) is 20.2 Å². The quantitative estimate of drug-likeness (QED) is 0.705. The van der Waals surface area contributed by atoms with Gasteiger partial charge in [0.15, 0.2) is 0 Å². The SMILES string of the molecule is Oc1cccc2c1C(Cl)c1ccc(Cl)cc1CC2. The molecule has 2 aromatic rings. The Labute approximate surface area is 116 Å². The molecule has 1 unspecified atom stereocenters. The Kier molecular flexibility index (Phi) is 2.96. The Morgan fingerprint density at radius 1 is 1.06 bits per heavy atom. The number of aryl methyl sites for hydroxylation is 2. The molecule has 1 aliphatic rings. The number of hydrogen-bond acceptors (Lipinski definition) is 1. The van der Waals surface area contributed by atoms with E-state index in [0.29, 0.717) is 0 Å². The van der Waals surface area contributed by atoms with Gasteiger partial charge in [-0.05, 0) is 47.7 Å². The zero-order chi connectivity index (χ0) is 12.7. The van der Waals surface area contributed by atoms with Crippen LogP contribution in [0.3, 0.4) is 0 Å². The molecule has 0 saturated heterocycles. The standard InChI is InChI=1S/C15H12Cl2O/c16-11-6-7-12-10(8-11)5-4-9-2-1-3-13(18)14(9)15(12)17/h1-3,6-8,15,18H,4-5H2. The zero-order valence-corrected chi connectivity index (χ0v) is 11.2. The van der Waals surface area contributed by atoms with Gasteiger partial charge in [-0.25, -0.2) is 0 Å². The van der Waals surface area contributed by atoms with E-state index in [0.717, 1.165) is 40.1 Å². The van der Waals surface area contributed by atoms with Crippen molar-refractivity contribution in [3.05, 3.63) is 63.7 Å². The molecule has 0 bridgehead atoms. The van der Waals surface area contributed by atoms with Crippen LogP contribution in [0.5, 0.6) is 5.75 Å². The lowest BCUT2D eigenvalue weighted by Crippen LogP contribution is -1.97. The van der Waals surface area contributed by atoms with Crippen molar-refractivity contribution < 1.29 is 5.11 Å². The van der Waals surface area contributed by atoms with Crippen LogP contribution in [0.25, 0.3) is 0 Å². The number of alkyl halides is 1. The van der Waals surface area contributed by atoms with Crippen molar-refractivity contribution in [3.8, 4) is 5.75 Å². The first-order valence-corrected chi connectivity index (χ1v) is 6.71. The third-order valence-corrected chi connectivity index (χ3v) is 4.16. The van der Waals surface area contributed by atoms with Crippen LogP contribution in [0.1, 0.15) is 27.6 Å². The summed E-state index contributed by atoms with van der Waals surface area (Å²) in [7, 11) is 0. The lowest BCUT2D eigenvalue weighted by Gasteiger charge is -2.15. The summed E-state index contributed by atoms with van der Waals surface area (Å²) in [6.07, 6.45) is 1.77. The maximum atomic E-state index is 10.0. The van der Waals surface area contributed by atoms with Gasteiger partial charge >= 0.3 is 0 Å². The van der Waals surface area contributed by atoms with E-state index in [4.69, 9.17) is 23.2 Å². The fraction of sp³-hybridized carbons (Fsp3) is 0.200. The number of phenols is 1. The molecule has 0 aliphatic heterocycles. The fourth-order valence-electron chi connectivity index (χ4n) is 2.57. The summed E-state index contributed by atoms with van der Waals surface area (Å²) in [4.78, 5) is 0.